The predicted molar refractivity (Wildman–Crippen MR) is 51.5 cm³/mol. The second kappa shape index (κ2) is 4.02. The molecule has 0 fully saturated rings. The number of nitrogens with zero attached hydrogens (tertiary/aromatic N) is 1. The van der Waals surface area contributed by atoms with Crippen LogP contribution in [0.25, 0.3) is 6.08 Å². The number of pyridine rings is 1. The van der Waals surface area contributed by atoms with Gasteiger partial charge >= 0.3 is 0 Å². The zero-order valence-corrected chi connectivity index (χ0v) is 7.33. The molecule has 12 heavy (non-hydrogen) atoms. The highest BCUT2D eigenvalue weighted by molar-refractivity contribution is 5.47. The first kappa shape index (κ1) is 8.94. The molecule has 0 saturated carbocycles. The third-order valence-electron chi connectivity index (χ3n) is 1.90. The summed E-state index contributed by atoms with van der Waals surface area (Å²) in [5, 5.41) is 0. The smallest absolute Gasteiger partial charge is 0.0671 e. The Labute approximate surface area is 73.1 Å². The summed E-state index contributed by atoms with van der Waals surface area (Å²) >= 11 is 0. The molecule has 0 amide bonds. The quantitative estimate of drug-likeness (QED) is 0.739. The van der Waals surface area contributed by atoms with Crippen molar-refractivity contribution >= 4 is 6.08 Å². The zero-order chi connectivity index (χ0) is 8.97. The van der Waals surface area contributed by atoms with Crippen molar-refractivity contribution in [3.8, 4) is 0 Å². The van der Waals surface area contributed by atoms with Gasteiger partial charge in [-0.25, -0.2) is 0 Å². The third-order valence-corrected chi connectivity index (χ3v) is 1.90. The Bertz CT molecular complexity index is 268. The molecule has 1 rings (SSSR count). The van der Waals surface area contributed by atoms with Crippen LogP contribution in [0, 0.1) is 0 Å². The standard InChI is InChI=1S/C10H14N2/c1-3-9(11)8-6-5-7-12-10(8)4-2/h4-7,9H,2-3,11H2,1H3. The molecule has 1 unspecified atom stereocenters. The van der Waals surface area contributed by atoms with E-state index < -0.39 is 0 Å². The van der Waals surface area contributed by atoms with Crippen LogP contribution < -0.4 is 5.73 Å². The summed E-state index contributed by atoms with van der Waals surface area (Å²) in [6.45, 7) is 5.75. The molecule has 64 valence electrons. The SMILES string of the molecule is C=Cc1ncccc1C(N)CC. The van der Waals surface area contributed by atoms with Gasteiger partial charge in [-0.3, -0.25) is 4.98 Å². The van der Waals surface area contributed by atoms with Gasteiger partial charge in [0.1, 0.15) is 0 Å². The Balaban J connectivity index is 3.04. The lowest BCUT2D eigenvalue weighted by atomic mass is 10.0. The monoisotopic (exact) mass is 162 g/mol. The second-order valence-electron chi connectivity index (χ2n) is 2.70. The average molecular weight is 162 g/mol. The topological polar surface area (TPSA) is 38.9 Å². The third kappa shape index (κ3) is 1.71. The highest BCUT2D eigenvalue weighted by Crippen LogP contribution is 2.16. The molecule has 0 aliphatic heterocycles. The Morgan fingerprint density at radius 2 is 2.50 bits per heavy atom. The van der Waals surface area contributed by atoms with Crippen molar-refractivity contribution < 1.29 is 0 Å². The number of rotatable bonds is 3. The van der Waals surface area contributed by atoms with E-state index in [4.69, 9.17) is 5.73 Å². The summed E-state index contributed by atoms with van der Waals surface area (Å²) < 4.78 is 0. The predicted octanol–water partition coefficient (Wildman–Crippen LogP) is 2.13. The van der Waals surface area contributed by atoms with Crippen molar-refractivity contribution in [2.24, 2.45) is 5.73 Å². The molecule has 0 radical (unpaired) electrons. The first-order valence-corrected chi connectivity index (χ1v) is 4.12. The summed E-state index contributed by atoms with van der Waals surface area (Å²) in [5.74, 6) is 0. The van der Waals surface area contributed by atoms with Crippen LogP contribution in [0.4, 0.5) is 0 Å². The molecule has 0 aliphatic rings. The molecule has 1 heterocycles. The fourth-order valence-corrected chi connectivity index (χ4v) is 1.13. The van der Waals surface area contributed by atoms with Gasteiger partial charge in [-0.2, -0.15) is 0 Å². The number of hydrogen-bond acceptors (Lipinski definition) is 2. The van der Waals surface area contributed by atoms with E-state index in [9.17, 15) is 0 Å². The van der Waals surface area contributed by atoms with Gasteiger partial charge in [0.2, 0.25) is 0 Å². The van der Waals surface area contributed by atoms with Gasteiger partial charge in [0.05, 0.1) is 5.69 Å². The van der Waals surface area contributed by atoms with Crippen LogP contribution in [0.3, 0.4) is 0 Å². The molecule has 0 spiro atoms. The Kier molecular flexibility index (Phi) is 3.00. The van der Waals surface area contributed by atoms with E-state index in [0.717, 1.165) is 17.7 Å². The Hall–Kier alpha value is -1.15. The average Bonchev–Trinajstić information content (AvgIpc) is 2.16. The van der Waals surface area contributed by atoms with E-state index in [-0.39, 0.29) is 6.04 Å². The molecule has 1 aromatic rings. The van der Waals surface area contributed by atoms with Gasteiger partial charge in [-0.1, -0.05) is 19.6 Å². The maximum Gasteiger partial charge on any atom is 0.0671 e. The van der Waals surface area contributed by atoms with Crippen molar-refractivity contribution in [3.05, 3.63) is 36.2 Å². The largest absolute Gasteiger partial charge is 0.324 e. The maximum atomic E-state index is 5.88. The number of nitrogens with two attached hydrogens (primary N) is 1. The van der Waals surface area contributed by atoms with Crippen LogP contribution in [0.2, 0.25) is 0 Å². The molecule has 0 aliphatic carbocycles. The van der Waals surface area contributed by atoms with Crippen molar-refractivity contribution in [2.45, 2.75) is 19.4 Å². The van der Waals surface area contributed by atoms with E-state index in [1.54, 1.807) is 12.3 Å². The highest BCUT2D eigenvalue weighted by atomic mass is 14.7. The van der Waals surface area contributed by atoms with Gasteiger partial charge in [-0.15, -0.1) is 0 Å². The summed E-state index contributed by atoms with van der Waals surface area (Å²) in [5.41, 5.74) is 7.86. The highest BCUT2D eigenvalue weighted by Gasteiger charge is 2.06. The van der Waals surface area contributed by atoms with Gasteiger partial charge < -0.3 is 5.73 Å². The fraction of sp³-hybridized carbons (Fsp3) is 0.300. The molecule has 1 atom stereocenters. The minimum atomic E-state index is 0.0756. The first-order valence-electron chi connectivity index (χ1n) is 4.12. The van der Waals surface area contributed by atoms with Crippen molar-refractivity contribution in [2.75, 3.05) is 0 Å². The molecule has 2 N–H and O–H groups in total. The Morgan fingerprint density at radius 3 is 3.08 bits per heavy atom. The molecular weight excluding hydrogens is 148 g/mol. The molecular formula is C10H14N2. The minimum Gasteiger partial charge on any atom is -0.324 e. The van der Waals surface area contributed by atoms with Gasteiger partial charge in [0.15, 0.2) is 0 Å². The lowest BCUT2D eigenvalue weighted by molar-refractivity contribution is 0.693. The van der Waals surface area contributed by atoms with Gasteiger partial charge in [-0.05, 0) is 24.1 Å². The number of hydrogen-bond donors (Lipinski definition) is 1. The molecule has 2 nitrogen and oxygen atoms in total. The lowest BCUT2D eigenvalue weighted by Gasteiger charge is -2.10. The van der Waals surface area contributed by atoms with Crippen LogP contribution >= 0.6 is 0 Å². The van der Waals surface area contributed by atoms with Crippen molar-refractivity contribution in [3.63, 3.8) is 0 Å². The summed E-state index contributed by atoms with van der Waals surface area (Å²) in [4.78, 5) is 4.17. The molecule has 2 heteroatoms. The first-order chi connectivity index (χ1) is 5.79. The molecule has 0 saturated heterocycles. The summed E-state index contributed by atoms with van der Waals surface area (Å²) in [6, 6.07) is 3.97. The second-order valence-corrected chi connectivity index (χ2v) is 2.70. The van der Waals surface area contributed by atoms with E-state index >= 15 is 0 Å². The molecule has 1 aromatic heterocycles. The van der Waals surface area contributed by atoms with Gasteiger partial charge in [0, 0.05) is 12.2 Å². The molecule has 0 aromatic carbocycles. The minimum absolute atomic E-state index is 0.0756. The fourth-order valence-electron chi connectivity index (χ4n) is 1.13. The molecule has 0 bridgehead atoms. The Morgan fingerprint density at radius 1 is 1.75 bits per heavy atom. The van der Waals surface area contributed by atoms with Crippen LogP contribution in [-0.2, 0) is 0 Å². The van der Waals surface area contributed by atoms with Crippen molar-refractivity contribution in [1.82, 2.24) is 4.98 Å². The lowest BCUT2D eigenvalue weighted by Crippen LogP contribution is -2.10. The van der Waals surface area contributed by atoms with E-state index in [1.807, 2.05) is 12.1 Å². The van der Waals surface area contributed by atoms with Crippen LogP contribution in [0.15, 0.2) is 24.9 Å². The van der Waals surface area contributed by atoms with E-state index in [2.05, 4.69) is 18.5 Å². The van der Waals surface area contributed by atoms with E-state index in [1.165, 1.54) is 0 Å². The van der Waals surface area contributed by atoms with Gasteiger partial charge in [0.25, 0.3) is 0 Å². The van der Waals surface area contributed by atoms with Crippen molar-refractivity contribution in [1.29, 1.82) is 0 Å². The van der Waals surface area contributed by atoms with Crippen LogP contribution in [0.5, 0.6) is 0 Å². The normalized spacial score (nSPS) is 12.5. The summed E-state index contributed by atoms with van der Waals surface area (Å²) in [7, 11) is 0. The maximum absolute atomic E-state index is 5.88. The summed E-state index contributed by atoms with van der Waals surface area (Å²) in [6.07, 6.45) is 4.42. The number of aromatic nitrogens is 1. The van der Waals surface area contributed by atoms with Crippen LogP contribution in [0.1, 0.15) is 30.6 Å². The van der Waals surface area contributed by atoms with Crippen LogP contribution in [-0.4, -0.2) is 4.98 Å². The van der Waals surface area contributed by atoms with E-state index in [0.29, 0.717) is 0 Å². The zero-order valence-electron chi connectivity index (χ0n) is 7.33.